The molecule has 1 N–H and O–H groups in total. The minimum atomic E-state index is -4.49. The summed E-state index contributed by atoms with van der Waals surface area (Å²) in [6, 6.07) is 8.98. The smallest absolute Gasteiger partial charge is 0.355 e. The number of nitrogens with zero attached hydrogens (tertiary/aromatic N) is 1. The normalized spacial score (nSPS) is 11.0. The van der Waals surface area contributed by atoms with Crippen LogP contribution in [-0.4, -0.2) is 0 Å². The van der Waals surface area contributed by atoms with Crippen molar-refractivity contribution >= 4 is 27.3 Å². The molecule has 0 aliphatic rings. The molecule has 2 nitrogen and oxygen atoms in total. The van der Waals surface area contributed by atoms with Crippen LogP contribution in [-0.2, 0) is 6.18 Å². The van der Waals surface area contributed by atoms with E-state index in [0.29, 0.717) is 0 Å². The maximum Gasteiger partial charge on any atom is 0.417 e. The molecule has 0 fully saturated rings. The van der Waals surface area contributed by atoms with Crippen LogP contribution >= 0.6 is 15.9 Å². The molecule has 2 rings (SSSR count). The third-order valence-corrected chi connectivity index (χ3v) is 3.34. The Morgan fingerprint density at radius 3 is 2.24 bits per heavy atom. The van der Waals surface area contributed by atoms with E-state index in [4.69, 9.17) is 5.26 Å². The summed E-state index contributed by atoms with van der Waals surface area (Å²) in [5.41, 5.74) is -0.550. The average molecular weight is 359 g/mol. The standard InChI is InChI=1S/C14H7BrF4N2/c15-12-4-3-9(5-11(12)14(17,18)19)21-10-2-1-8(7-20)13(16)6-10/h1-6,21H. The molecular weight excluding hydrogens is 352 g/mol. The highest BCUT2D eigenvalue weighted by Gasteiger charge is 2.33. The maximum absolute atomic E-state index is 13.4. The summed E-state index contributed by atoms with van der Waals surface area (Å²) in [6.07, 6.45) is -4.49. The third kappa shape index (κ3) is 3.52. The fraction of sp³-hybridized carbons (Fsp3) is 0.0714. The summed E-state index contributed by atoms with van der Waals surface area (Å²) in [7, 11) is 0. The van der Waals surface area contributed by atoms with E-state index < -0.39 is 17.6 Å². The molecule has 0 bridgehead atoms. The average Bonchev–Trinajstić information content (AvgIpc) is 2.40. The van der Waals surface area contributed by atoms with E-state index >= 15 is 0 Å². The lowest BCUT2D eigenvalue weighted by molar-refractivity contribution is -0.138. The predicted molar refractivity (Wildman–Crippen MR) is 73.5 cm³/mol. The highest BCUT2D eigenvalue weighted by molar-refractivity contribution is 9.10. The van der Waals surface area contributed by atoms with E-state index in [0.717, 1.165) is 12.1 Å². The highest BCUT2D eigenvalue weighted by Crippen LogP contribution is 2.36. The molecule has 0 amide bonds. The van der Waals surface area contributed by atoms with Gasteiger partial charge in [-0.15, -0.1) is 0 Å². The first-order valence-electron chi connectivity index (χ1n) is 5.64. The number of hydrogen-bond acceptors (Lipinski definition) is 2. The molecule has 0 heterocycles. The lowest BCUT2D eigenvalue weighted by atomic mass is 10.1. The number of nitriles is 1. The molecule has 0 radical (unpaired) electrons. The molecule has 2 aromatic rings. The zero-order chi connectivity index (χ0) is 15.6. The van der Waals surface area contributed by atoms with Gasteiger partial charge in [-0.2, -0.15) is 18.4 Å². The number of anilines is 2. The van der Waals surface area contributed by atoms with Crippen LogP contribution in [0.4, 0.5) is 28.9 Å². The van der Waals surface area contributed by atoms with Gasteiger partial charge in [0.25, 0.3) is 0 Å². The van der Waals surface area contributed by atoms with Crippen molar-refractivity contribution < 1.29 is 17.6 Å². The largest absolute Gasteiger partial charge is 0.417 e. The summed E-state index contributed by atoms with van der Waals surface area (Å²) in [5, 5.41) is 11.3. The first kappa shape index (κ1) is 15.3. The molecule has 0 spiro atoms. The second kappa shape index (κ2) is 5.74. The minimum absolute atomic E-state index is 0.0773. The SMILES string of the molecule is N#Cc1ccc(Nc2ccc(Br)c(C(F)(F)F)c2)cc1F. The zero-order valence-corrected chi connectivity index (χ0v) is 11.9. The molecule has 2 aromatic carbocycles. The van der Waals surface area contributed by atoms with Crippen LogP contribution in [0.2, 0.25) is 0 Å². The van der Waals surface area contributed by atoms with Gasteiger partial charge in [-0.05, 0) is 36.4 Å². The van der Waals surface area contributed by atoms with E-state index in [1.54, 1.807) is 6.07 Å². The highest BCUT2D eigenvalue weighted by atomic mass is 79.9. The summed E-state index contributed by atoms with van der Waals surface area (Å²) < 4.78 is 51.7. The number of nitrogens with one attached hydrogen (secondary N) is 1. The zero-order valence-electron chi connectivity index (χ0n) is 10.3. The molecule has 0 aliphatic heterocycles. The van der Waals surface area contributed by atoms with Crippen molar-refractivity contribution in [2.24, 2.45) is 0 Å². The Hall–Kier alpha value is -2.07. The van der Waals surface area contributed by atoms with E-state index in [2.05, 4.69) is 21.2 Å². The summed E-state index contributed by atoms with van der Waals surface area (Å²) >= 11 is 2.84. The Bertz CT molecular complexity index is 720. The van der Waals surface area contributed by atoms with Crippen LogP contribution in [0, 0.1) is 17.1 Å². The molecule has 0 unspecified atom stereocenters. The van der Waals surface area contributed by atoms with Gasteiger partial charge in [0, 0.05) is 15.8 Å². The fourth-order valence-electron chi connectivity index (χ4n) is 1.67. The maximum atomic E-state index is 13.4. The number of alkyl halides is 3. The predicted octanol–water partition coefficient (Wildman–Crippen LogP) is 5.22. The van der Waals surface area contributed by atoms with Crippen molar-refractivity contribution in [3.05, 3.63) is 57.8 Å². The molecule has 0 saturated carbocycles. The van der Waals surface area contributed by atoms with Gasteiger partial charge in [0.2, 0.25) is 0 Å². The van der Waals surface area contributed by atoms with Gasteiger partial charge in [-0.1, -0.05) is 15.9 Å². The second-order valence-electron chi connectivity index (χ2n) is 4.12. The number of rotatable bonds is 2. The summed E-state index contributed by atoms with van der Waals surface area (Å²) in [5.74, 6) is -0.740. The van der Waals surface area contributed by atoms with Crippen LogP contribution in [0.3, 0.4) is 0 Å². The quantitative estimate of drug-likeness (QED) is 0.746. The summed E-state index contributed by atoms with van der Waals surface area (Å²) in [4.78, 5) is 0. The molecule has 0 aliphatic carbocycles. The number of halogens is 5. The molecule has 7 heteroatoms. The third-order valence-electron chi connectivity index (χ3n) is 2.65. The van der Waals surface area contributed by atoms with Gasteiger partial charge in [-0.25, -0.2) is 4.39 Å². The van der Waals surface area contributed by atoms with Crippen LogP contribution in [0.15, 0.2) is 40.9 Å². The second-order valence-corrected chi connectivity index (χ2v) is 4.98. The molecular formula is C14H7BrF4N2. The van der Waals surface area contributed by atoms with Crippen molar-refractivity contribution in [1.29, 1.82) is 5.26 Å². The minimum Gasteiger partial charge on any atom is -0.355 e. The van der Waals surface area contributed by atoms with E-state index in [-0.39, 0.29) is 21.4 Å². The van der Waals surface area contributed by atoms with Crippen LogP contribution < -0.4 is 5.32 Å². The molecule has 0 atom stereocenters. The van der Waals surface area contributed by atoms with Crippen LogP contribution in [0.5, 0.6) is 0 Å². The number of hydrogen-bond donors (Lipinski definition) is 1. The van der Waals surface area contributed by atoms with Crippen LogP contribution in [0.25, 0.3) is 0 Å². The Morgan fingerprint density at radius 2 is 1.67 bits per heavy atom. The first-order valence-corrected chi connectivity index (χ1v) is 6.44. The lowest BCUT2D eigenvalue weighted by Gasteiger charge is -2.12. The number of benzene rings is 2. The van der Waals surface area contributed by atoms with Gasteiger partial charge in [-0.3, -0.25) is 0 Å². The molecule has 0 saturated heterocycles. The van der Waals surface area contributed by atoms with Crippen molar-refractivity contribution in [3.63, 3.8) is 0 Å². The molecule has 108 valence electrons. The monoisotopic (exact) mass is 358 g/mol. The van der Waals surface area contributed by atoms with Gasteiger partial charge in [0.15, 0.2) is 0 Å². The Labute approximate surface area is 126 Å². The van der Waals surface area contributed by atoms with E-state index in [1.807, 2.05) is 0 Å². The first-order chi connectivity index (χ1) is 9.81. The van der Waals surface area contributed by atoms with Crippen molar-refractivity contribution in [3.8, 4) is 6.07 Å². The van der Waals surface area contributed by atoms with Crippen LogP contribution in [0.1, 0.15) is 11.1 Å². The Kier molecular flexibility index (Phi) is 4.19. The molecule has 21 heavy (non-hydrogen) atoms. The van der Waals surface area contributed by atoms with Crippen molar-refractivity contribution in [2.45, 2.75) is 6.18 Å². The van der Waals surface area contributed by atoms with Gasteiger partial charge in [0.1, 0.15) is 11.9 Å². The molecule has 0 aromatic heterocycles. The van der Waals surface area contributed by atoms with E-state index in [9.17, 15) is 17.6 Å². The van der Waals surface area contributed by atoms with Gasteiger partial charge in [0.05, 0.1) is 11.1 Å². The lowest BCUT2D eigenvalue weighted by Crippen LogP contribution is -2.06. The van der Waals surface area contributed by atoms with Gasteiger partial charge >= 0.3 is 6.18 Å². The van der Waals surface area contributed by atoms with Crippen molar-refractivity contribution in [1.82, 2.24) is 0 Å². The Balaban J connectivity index is 2.33. The van der Waals surface area contributed by atoms with E-state index in [1.165, 1.54) is 24.3 Å². The van der Waals surface area contributed by atoms with Crippen molar-refractivity contribution in [2.75, 3.05) is 5.32 Å². The Morgan fingerprint density at radius 1 is 1.05 bits per heavy atom. The van der Waals surface area contributed by atoms with Gasteiger partial charge < -0.3 is 5.32 Å². The summed E-state index contributed by atoms with van der Waals surface area (Å²) in [6.45, 7) is 0. The topological polar surface area (TPSA) is 35.8 Å². The fourth-order valence-corrected chi connectivity index (χ4v) is 2.14.